The van der Waals surface area contributed by atoms with Crippen LogP contribution in [0.25, 0.3) is 0 Å². The second kappa shape index (κ2) is 9.29. The lowest BCUT2D eigenvalue weighted by Gasteiger charge is -2.33. The number of amides is 1. The van der Waals surface area contributed by atoms with Crippen LogP contribution in [0.15, 0.2) is 41.6 Å². The Morgan fingerprint density at radius 3 is 2.48 bits per heavy atom. The number of nitrogens with one attached hydrogen (secondary N) is 1. The van der Waals surface area contributed by atoms with Crippen LogP contribution in [0.5, 0.6) is 0 Å². The quantitative estimate of drug-likeness (QED) is 0.712. The number of hydrogen-bond acceptors (Lipinski definition) is 7. The molecule has 4 rings (SSSR count). The molecule has 2 aromatic heterocycles. The molecule has 0 spiro atoms. The van der Waals surface area contributed by atoms with Gasteiger partial charge >= 0.3 is 0 Å². The number of sulfonamides is 1. The molecule has 1 amide bonds. The molecule has 178 valence electrons. The molecule has 0 bridgehead atoms. The van der Waals surface area contributed by atoms with Crippen molar-refractivity contribution in [1.82, 2.24) is 14.7 Å². The van der Waals surface area contributed by atoms with Crippen LogP contribution in [-0.2, 0) is 10.0 Å². The highest BCUT2D eigenvalue weighted by Crippen LogP contribution is 2.37. The molecule has 1 atom stereocenters. The van der Waals surface area contributed by atoms with Gasteiger partial charge in [0.25, 0.3) is 15.9 Å². The first kappa shape index (κ1) is 23.5. The summed E-state index contributed by atoms with van der Waals surface area (Å²) < 4.78 is 28.4. The number of carbonyl (C=O) groups is 1. The van der Waals surface area contributed by atoms with E-state index in [4.69, 9.17) is 0 Å². The van der Waals surface area contributed by atoms with E-state index in [0.717, 1.165) is 38.9 Å². The predicted molar refractivity (Wildman–Crippen MR) is 129 cm³/mol. The van der Waals surface area contributed by atoms with Gasteiger partial charge in [0, 0.05) is 31.4 Å². The maximum absolute atomic E-state index is 13.1. The lowest BCUT2D eigenvalue weighted by Crippen LogP contribution is -2.41. The van der Waals surface area contributed by atoms with Gasteiger partial charge in [0.05, 0.1) is 5.56 Å². The van der Waals surface area contributed by atoms with E-state index in [0.29, 0.717) is 17.6 Å². The van der Waals surface area contributed by atoms with Gasteiger partial charge in [-0.25, -0.2) is 14.7 Å². The van der Waals surface area contributed by atoms with Gasteiger partial charge in [-0.1, -0.05) is 25.8 Å². The van der Waals surface area contributed by atoms with E-state index in [-0.39, 0.29) is 16.1 Å². The molecular weight excluding hydrogens is 438 g/mol. The van der Waals surface area contributed by atoms with E-state index in [2.05, 4.69) is 45.3 Å². The zero-order valence-electron chi connectivity index (χ0n) is 19.6. The van der Waals surface area contributed by atoms with Crippen molar-refractivity contribution in [3.8, 4) is 0 Å². The smallest absolute Gasteiger partial charge is 0.281 e. The van der Waals surface area contributed by atoms with E-state index >= 15 is 0 Å². The first-order chi connectivity index (χ1) is 15.7. The molecule has 2 aromatic rings. The Morgan fingerprint density at radius 2 is 1.82 bits per heavy atom. The van der Waals surface area contributed by atoms with Gasteiger partial charge in [-0.15, -0.1) is 0 Å². The van der Waals surface area contributed by atoms with Crippen molar-refractivity contribution >= 4 is 27.6 Å². The number of hydrogen-bond donors (Lipinski definition) is 1. The van der Waals surface area contributed by atoms with Crippen LogP contribution >= 0.6 is 0 Å². The van der Waals surface area contributed by atoms with Crippen LogP contribution in [0.3, 0.4) is 0 Å². The summed E-state index contributed by atoms with van der Waals surface area (Å²) in [4.78, 5) is 26.2. The van der Waals surface area contributed by atoms with Crippen molar-refractivity contribution in [2.24, 2.45) is 5.92 Å². The Labute approximate surface area is 196 Å². The van der Waals surface area contributed by atoms with E-state index < -0.39 is 15.9 Å². The van der Waals surface area contributed by atoms with Gasteiger partial charge in [0.2, 0.25) is 0 Å². The molecule has 0 radical (unpaired) electrons. The minimum Gasteiger partial charge on any atom is -0.357 e. The Kier molecular flexibility index (Phi) is 6.61. The third-order valence-electron chi connectivity index (χ3n) is 6.50. The maximum Gasteiger partial charge on any atom is 0.281 e. The van der Waals surface area contributed by atoms with Crippen molar-refractivity contribution in [3.05, 3.63) is 42.1 Å². The van der Waals surface area contributed by atoms with Crippen molar-refractivity contribution in [3.63, 3.8) is 0 Å². The number of aromatic nitrogens is 2. The van der Waals surface area contributed by atoms with Crippen molar-refractivity contribution in [2.75, 3.05) is 29.4 Å². The molecule has 4 heterocycles. The highest BCUT2D eigenvalue weighted by atomic mass is 32.2. The molecule has 8 nitrogen and oxygen atoms in total. The summed E-state index contributed by atoms with van der Waals surface area (Å²) >= 11 is 0. The molecule has 33 heavy (non-hydrogen) atoms. The average Bonchev–Trinajstić information content (AvgIpc) is 2.94. The molecule has 1 N–H and O–H groups in total. The molecular formula is C24H33N5O3S. The number of pyridine rings is 2. The molecule has 1 unspecified atom stereocenters. The highest BCUT2D eigenvalue weighted by molar-refractivity contribution is 7.90. The van der Waals surface area contributed by atoms with Crippen LogP contribution in [-0.4, -0.2) is 49.5 Å². The van der Waals surface area contributed by atoms with Crippen LogP contribution in [0.2, 0.25) is 0 Å². The second-order valence-corrected chi connectivity index (χ2v) is 11.4. The fourth-order valence-corrected chi connectivity index (χ4v) is 5.94. The van der Waals surface area contributed by atoms with E-state index in [9.17, 15) is 13.2 Å². The molecule has 0 aromatic carbocycles. The summed E-state index contributed by atoms with van der Waals surface area (Å²) in [7, 11) is -4.14. The van der Waals surface area contributed by atoms with Gasteiger partial charge < -0.3 is 9.80 Å². The van der Waals surface area contributed by atoms with Gasteiger partial charge in [0.1, 0.15) is 11.6 Å². The minimum absolute atomic E-state index is 0.154. The molecule has 2 aliphatic rings. The average molecular weight is 472 g/mol. The summed E-state index contributed by atoms with van der Waals surface area (Å²) in [5.41, 5.74) is 0.0666. The fourth-order valence-electron chi connectivity index (χ4n) is 5.01. The Bertz CT molecular complexity index is 1110. The standard InChI is InChI=1S/C24H33N5O3S/c1-18-16-24(2,3)29(17-18)22-19(10-9-13-25-22)23(30)27-33(31,32)21-12-8-11-20(26-21)28-14-6-4-5-7-15-28/h8-13,18H,4-7,14-17H2,1-3H3,(H,27,30). The summed E-state index contributed by atoms with van der Waals surface area (Å²) in [6, 6.07) is 8.19. The third-order valence-corrected chi connectivity index (χ3v) is 7.73. The van der Waals surface area contributed by atoms with Gasteiger partial charge in [-0.2, -0.15) is 8.42 Å². The lowest BCUT2D eigenvalue weighted by atomic mass is 9.97. The van der Waals surface area contributed by atoms with Crippen molar-refractivity contribution in [2.45, 2.75) is 63.4 Å². The Morgan fingerprint density at radius 1 is 1.09 bits per heavy atom. The minimum atomic E-state index is -4.14. The highest BCUT2D eigenvalue weighted by Gasteiger charge is 2.39. The zero-order valence-corrected chi connectivity index (χ0v) is 20.4. The summed E-state index contributed by atoms with van der Waals surface area (Å²) in [6.45, 7) is 8.86. The first-order valence-electron chi connectivity index (χ1n) is 11.7. The zero-order chi connectivity index (χ0) is 23.6. The summed E-state index contributed by atoms with van der Waals surface area (Å²) in [6.07, 6.45) is 7.06. The molecule has 0 aliphatic carbocycles. The van der Waals surface area contributed by atoms with Crippen LogP contribution in [0.1, 0.15) is 63.2 Å². The molecule has 2 fully saturated rings. The van der Waals surface area contributed by atoms with E-state index in [1.807, 2.05) is 6.07 Å². The van der Waals surface area contributed by atoms with Gasteiger partial charge in [-0.05, 0) is 63.3 Å². The van der Waals surface area contributed by atoms with Gasteiger partial charge in [0.15, 0.2) is 5.03 Å². The molecule has 0 saturated carbocycles. The number of rotatable bonds is 5. The lowest BCUT2D eigenvalue weighted by molar-refractivity contribution is 0.0981. The largest absolute Gasteiger partial charge is 0.357 e. The van der Waals surface area contributed by atoms with Crippen molar-refractivity contribution in [1.29, 1.82) is 0 Å². The summed E-state index contributed by atoms with van der Waals surface area (Å²) in [5, 5.41) is -0.154. The number of nitrogens with zero attached hydrogens (tertiary/aromatic N) is 4. The van der Waals surface area contributed by atoms with Crippen LogP contribution in [0.4, 0.5) is 11.6 Å². The van der Waals surface area contributed by atoms with Crippen LogP contribution in [0, 0.1) is 5.92 Å². The molecule has 2 aliphatic heterocycles. The number of carbonyl (C=O) groups excluding carboxylic acids is 1. The molecule has 2 saturated heterocycles. The number of anilines is 2. The predicted octanol–water partition coefficient (Wildman–Crippen LogP) is 3.60. The summed E-state index contributed by atoms with van der Waals surface area (Å²) in [5.74, 6) is 0.885. The topological polar surface area (TPSA) is 95.5 Å². The van der Waals surface area contributed by atoms with Gasteiger partial charge in [-0.3, -0.25) is 4.79 Å². The fraction of sp³-hybridized carbons (Fsp3) is 0.542. The van der Waals surface area contributed by atoms with E-state index in [1.54, 1.807) is 24.4 Å². The monoisotopic (exact) mass is 471 g/mol. The first-order valence-corrected chi connectivity index (χ1v) is 13.2. The second-order valence-electron chi connectivity index (χ2n) is 9.78. The Hall–Kier alpha value is -2.68. The maximum atomic E-state index is 13.1. The SMILES string of the molecule is CC1CN(c2ncccc2C(=O)NS(=O)(=O)c2cccc(N3CCCCCC3)n2)C(C)(C)C1. The third kappa shape index (κ3) is 5.13. The van der Waals surface area contributed by atoms with Crippen LogP contribution < -0.4 is 14.5 Å². The van der Waals surface area contributed by atoms with E-state index in [1.165, 1.54) is 18.9 Å². The molecule has 9 heteroatoms. The Balaban J connectivity index is 1.58. The normalized spacial score (nSPS) is 21.0. The van der Waals surface area contributed by atoms with Crippen molar-refractivity contribution < 1.29 is 13.2 Å².